The van der Waals surface area contributed by atoms with E-state index in [1.165, 1.54) is 0 Å². The first kappa shape index (κ1) is 24.3. The van der Waals surface area contributed by atoms with Crippen LogP contribution in [0.1, 0.15) is 50.9 Å². The quantitative estimate of drug-likeness (QED) is 0.265. The van der Waals surface area contributed by atoms with Crippen LogP contribution < -0.4 is 14.8 Å². The first-order chi connectivity index (χ1) is 14.6. The first-order valence-electron chi connectivity index (χ1n) is 10.5. The van der Waals surface area contributed by atoms with E-state index in [2.05, 4.69) is 19.2 Å². The highest BCUT2D eigenvalue weighted by atomic mass is 31.2. The molecule has 0 radical (unpaired) electrons. The van der Waals surface area contributed by atoms with Gasteiger partial charge in [-0.3, -0.25) is 4.57 Å². The Morgan fingerprint density at radius 3 is 2.07 bits per heavy atom. The standard InChI is InChI=1S/C23H34NO5P/c1-5-7-16-28-30(25,29-17-8-6-2)23(24-19-12-10-9-11-13-19)21-18-20(26-3)14-15-22(21)27-4/h9-15,18,23-24H,5-8,16-17H2,1-4H3/t23-/m1/s1. The van der Waals surface area contributed by atoms with E-state index in [-0.39, 0.29) is 0 Å². The summed E-state index contributed by atoms with van der Waals surface area (Å²) in [5.41, 5.74) is 1.47. The summed E-state index contributed by atoms with van der Waals surface area (Å²) in [6, 6.07) is 15.0. The Kier molecular flexibility index (Phi) is 10.2. The Morgan fingerprint density at radius 1 is 0.900 bits per heavy atom. The van der Waals surface area contributed by atoms with Gasteiger partial charge in [0.2, 0.25) is 0 Å². The third-order valence-electron chi connectivity index (χ3n) is 4.66. The van der Waals surface area contributed by atoms with Crippen LogP contribution in [0.25, 0.3) is 0 Å². The molecule has 0 saturated heterocycles. The fraction of sp³-hybridized carbons (Fsp3) is 0.478. The normalized spacial score (nSPS) is 12.4. The van der Waals surface area contributed by atoms with Crippen molar-refractivity contribution in [2.24, 2.45) is 0 Å². The molecule has 0 aliphatic heterocycles. The number of benzene rings is 2. The third kappa shape index (κ3) is 6.76. The first-order valence-corrected chi connectivity index (χ1v) is 12.1. The van der Waals surface area contributed by atoms with Gasteiger partial charge in [-0.05, 0) is 43.2 Å². The SMILES string of the molecule is CCCCOP(=O)(OCCCC)[C@@H](Nc1ccccc1)c1cc(OC)ccc1OC. The Morgan fingerprint density at radius 2 is 1.53 bits per heavy atom. The second-order valence-corrected chi connectivity index (χ2v) is 9.05. The van der Waals surface area contributed by atoms with Crippen LogP contribution in [0, 0.1) is 0 Å². The number of unbranched alkanes of at least 4 members (excludes halogenated alkanes) is 2. The van der Waals surface area contributed by atoms with Gasteiger partial charge in [-0.2, -0.15) is 0 Å². The third-order valence-corrected chi connectivity index (χ3v) is 6.79. The Hall–Kier alpha value is -2.01. The highest BCUT2D eigenvalue weighted by molar-refractivity contribution is 7.54. The molecule has 0 heterocycles. The van der Waals surface area contributed by atoms with E-state index in [0.717, 1.165) is 31.4 Å². The fourth-order valence-electron chi connectivity index (χ4n) is 2.93. The van der Waals surface area contributed by atoms with Crippen molar-refractivity contribution in [2.45, 2.75) is 45.3 Å². The fourth-order valence-corrected chi connectivity index (χ4v) is 4.92. The summed E-state index contributed by atoms with van der Waals surface area (Å²) >= 11 is 0. The molecule has 2 aromatic rings. The van der Waals surface area contributed by atoms with Gasteiger partial charge >= 0.3 is 7.60 Å². The molecule has 6 nitrogen and oxygen atoms in total. The van der Waals surface area contributed by atoms with Gasteiger partial charge in [0.25, 0.3) is 0 Å². The average Bonchev–Trinajstić information content (AvgIpc) is 2.78. The van der Waals surface area contributed by atoms with Gasteiger partial charge in [0.05, 0.1) is 27.4 Å². The number of para-hydroxylation sites is 1. The molecule has 0 saturated carbocycles. The molecule has 0 unspecified atom stereocenters. The minimum absolute atomic E-state index is 0.360. The molecule has 0 spiro atoms. The highest BCUT2D eigenvalue weighted by Gasteiger charge is 2.39. The summed E-state index contributed by atoms with van der Waals surface area (Å²) in [6.07, 6.45) is 3.48. The van der Waals surface area contributed by atoms with Crippen molar-refractivity contribution in [1.82, 2.24) is 0 Å². The van der Waals surface area contributed by atoms with Crippen molar-refractivity contribution >= 4 is 13.3 Å². The predicted molar refractivity (Wildman–Crippen MR) is 122 cm³/mol. The lowest BCUT2D eigenvalue weighted by Crippen LogP contribution is -2.17. The summed E-state index contributed by atoms with van der Waals surface area (Å²) in [6.45, 7) is 4.85. The van der Waals surface area contributed by atoms with Gasteiger partial charge in [-0.1, -0.05) is 44.9 Å². The maximum absolute atomic E-state index is 14.1. The minimum atomic E-state index is -3.59. The maximum Gasteiger partial charge on any atom is 0.357 e. The summed E-state index contributed by atoms with van der Waals surface area (Å²) in [5.74, 6) is 0.473. The van der Waals surface area contributed by atoms with Crippen molar-refractivity contribution in [3.8, 4) is 11.5 Å². The molecule has 0 amide bonds. The summed E-state index contributed by atoms with van der Waals surface area (Å²) in [7, 11) is -0.407. The lowest BCUT2D eigenvalue weighted by atomic mass is 10.1. The van der Waals surface area contributed by atoms with Crippen molar-refractivity contribution in [3.63, 3.8) is 0 Å². The molecular weight excluding hydrogens is 401 g/mol. The molecule has 166 valence electrons. The van der Waals surface area contributed by atoms with Gasteiger partial charge in [-0.15, -0.1) is 0 Å². The van der Waals surface area contributed by atoms with E-state index >= 15 is 0 Å². The molecule has 0 aliphatic rings. The number of rotatable bonds is 14. The zero-order valence-electron chi connectivity index (χ0n) is 18.4. The van der Waals surface area contributed by atoms with Crippen LogP contribution in [-0.4, -0.2) is 27.4 Å². The van der Waals surface area contributed by atoms with Crippen molar-refractivity contribution < 1.29 is 23.1 Å². The Balaban J connectivity index is 2.52. The number of anilines is 1. The molecular formula is C23H34NO5P. The lowest BCUT2D eigenvalue weighted by molar-refractivity contribution is 0.194. The van der Waals surface area contributed by atoms with Gasteiger partial charge in [-0.25, -0.2) is 0 Å². The van der Waals surface area contributed by atoms with E-state index < -0.39 is 13.4 Å². The van der Waals surface area contributed by atoms with Crippen LogP contribution in [0.3, 0.4) is 0 Å². The van der Waals surface area contributed by atoms with Crippen molar-refractivity contribution in [1.29, 1.82) is 0 Å². The van der Waals surface area contributed by atoms with Crippen molar-refractivity contribution in [3.05, 3.63) is 54.1 Å². The largest absolute Gasteiger partial charge is 0.497 e. The van der Waals surface area contributed by atoms with E-state index in [1.54, 1.807) is 20.3 Å². The number of ether oxygens (including phenoxy) is 2. The molecule has 0 aliphatic carbocycles. The van der Waals surface area contributed by atoms with Crippen LogP contribution in [-0.2, 0) is 13.6 Å². The highest BCUT2D eigenvalue weighted by Crippen LogP contribution is 2.62. The monoisotopic (exact) mass is 435 g/mol. The van der Waals surface area contributed by atoms with Gasteiger partial charge in [0.15, 0.2) is 5.78 Å². The summed E-state index contributed by atoms with van der Waals surface area (Å²) < 4.78 is 37.0. The van der Waals surface area contributed by atoms with Gasteiger partial charge in [0, 0.05) is 11.3 Å². The summed E-state index contributed by atoms with van der Waals surface area (Å²) in [5, 5.41) is 3.37. The van der Waals surface area contributed by atoms with Crippen LogP contribution in [0.5, 0.6) is 11.5 Å². The van der Waals surface area contributed by atoms with Gasteiger partial charge in [0.1, 0.15) is 11.5 Å². The second kappa shape index (κ2) is 12.6. The van der Waals surface area contributed by atoms with Gasteiger partial charge < -0.3 is 23.8 Å². The number of hydrogen-bond acceptors (Lipinski definition) is 6. The lowest BCUT2D eigenvalue weighted by Gasteiger charge is -2.30. The molecule has 0 bridgehead atoms. The van der Waals surface area contributed by atoms with Crippen LogP contribution in [0.4, 0.5) is 5.69 Å². The van der Waals surface area contributed by atoms with Crippen LogP contribution in [0.2, 0.25) is 0 Å². The molecule has 1 atom stereocenters. The Labute approximate surface area is 180 Å². The number of hydrogen-bond donors (Lipinski definition) is 1. The van der Waals surface area contributed by atoms with E-state index in [4.69, 9.17) is 18.5 Å². The smallest absolute Gasteiger partial charge is 0.357 e. The molecule has 0 fully saturated rings. The summed E-state index contributed by atoms with van der Waals surface area (Å²) in [4.78, 5) is 0. The molecule has 1 N–H and O–H groups in total. The topological polar surface area (TPSA) is 66.0 Å². The van der Waals surface area contributed by atoms with E-state index in [9.17, 15) is 4.57 Å². The van der Waals surface area contributed by atoms with E-state index in [1.807, 2.05) is 42.5 Å². The molecule has 30 heavy (non-hydrogen) atoms. The molecule has 0 aromatic heterocycles. The van der Waals surface area contributed by atoms with Crippen LogP contribution >= 0.6 is 7.60 Å². The molecule has 7 heteroatoms. The zero-order valence-corrected chi connectivity index (χ0v) is 19.3. The Bertz CT molecular complexity index is 785. The second-order valence-electron chi connectivity index (χ2n) is 6.93. The van der Waals surface area contributed by atoms with E-state index in [0.29, 0.717) is 30.3 Å². The predicted octanol–water partition coefficient (Wildman–Crippen LogP) is 6.64. The zero-order chi connectivity index (χ0) is 21.8. The van der Waals surface area contributed by atoms with Crippen molar-refractivity contribution in [2.75, 3.05) is 32.8 Å². The minimum Gasteiger partial charge on any atom is -0.497 e. The number of nitrogens with one attached hydrogen (secondary N) is 1. The number of methoxy groups -OCH3 is 2. The van der Waals surface area contributed by atoms with Crippen LogP contribution in [0.15, 0.2) is 48.5 Å². The molecule has 2 aromatic carbocycles. The average molecular weight is 436 g/mol. The molecule has 2 rings (SSSR count). The maximum atomic E-state index is 14.1.